The van der Waals surface area contributed by atoms with Crippen LogP contribution in [0.25, 0.3) is 0 Å². The standard InChI is InChI=1S/C14H17Cl2NO2/c1-14(2,3)19-13(18)17-5-4-9-6-10(15)7-12(16)11(9)8-17/h6-7H,4-5,8H2,1-3H3. The minimum Gasteiger partial charge on any atom is -0.444 e. The zero-order chi connectivity index (χ0) is 14.2. The second kappa shape index (κ2) is 5.22. The number of hydrogen-bond acceptors (Lipinski definition) is 2. The van der Waals surface area contributed by atoms with Gasteiger partial charge < -0.3 is 9.64 Å². The number of ether oxygens (including phenoxy) is 1. The quantitative estimate of drug-likeness (QED) is 0.715. The zero-order valence-corrected chi connectivity index (χ0v) is 12.8. The smallest absolute Gasteiger partial charge is 0.410 e. The molecule has 104 valence electrons. The summed E-state index contributed by atoms with van der Waals surface area (Å²) in [4.78, 5) is 13.7. The zero-order valence-electron chi connectivity index (χ0n) is 11.3. The first kappa shape index (κ1) is 14.5. The monoisotopic (exact) mass is 301 g/mol. The second-order valence-electron chi connectivity index (χ2n) is 5.68. The van der Waals surface area contributed by atoms with Crippen LogP contribution < -0.4 is 0 Å². The van der Waals surface area contributed by atoms with E-state index in [4.69, 9.17) is 27.9 Å². The molecule has 2 rings (SSSR count). The summed E-state index contributed by atoms with van der Waals surface area (Å²) in [5.74, 6) is 0. The maximum Gasteiger partial charge on any atom is 0.410 e. The van der Waals surface area contributed by atoms with Crippen molar-refractivity contribution in [2.45, 2.75) is 39.3 Å². The summed E-state index contributed by atoms with van der Waals surface area (Å²) in [6.45, 7) is 6.67. The van der Waals surface area contributed by atoms with Crippen LogP contribution in [0.4, 0.5) is 4.79 Å². The molecule has 0 spiro atoms. The largest absolute Gasteiger partial charge is 0.444 e. The Morgan fingerprint density at radius 2 is 2.00 bits per heavy atom. The molecule has 19 heavy (non-hydrogen) atoms. The van der Waals surface area contributed by atoms with Gasteiger partial charge in [0.25, 0.3) is 0 Å². The summed E-state index contributed by atoms with van der Waals surface area (Å²) in [6, 6.07) is 3.62. The van der Waals surface area contributed by atoms with Gasteiger partial charge in [-0.05, 0) is 50.5 Å². The van der Waals surface area contributed by atoms with E-state index in [-0.39, 0.29) is 6.09 Å². The van der Waals surface area contributed by atoms with Crippen molar-refractivity contribution in [2.75, 3.05) is 6.54 Å². The molecular formula is C14H17Cl2NO2. The molecule has 1 aliphatic heterocycles. The maximum atomic E-state index is 12.0. The van der Waals surface area contributed by atoms with Gasteiger partial charge in [0.15, 0.2) is 0 Å². The number of amides is 1. The van der Waals surface area contributed by atoms with Crippen molar-refractivity contribution < 1.29 is 9.53 Å². The Hall–Kier alpha value is -0.930. The highest BCUT2D eigenvalue weighted by atomic mass is 35.5. The minimum atomic E-state index is -0.485. The molecule has 1 aliphatic rings. The third kappa shape index (κ3) is 3.54. The van der Waals surface area contributed by atoms with Crippen LogP contribution in [0.2, 0.25) is 10.0 Å². The van der Waals surface area contributed by atoms with Gasteiger partial charge >= 0.3 is 6.09 Å². The molecule has 0 aliphatic carbocycles. The van der Waals surface area contributed by atoms with E-state index in [9.17, 15) is 4.79 Å². The lowest BCUT2D eigenvalue weighted by atomic mass is 10.00. The number of fused-ring (bicyclic) bond motifs is 1. The first-order valence-electron chi connectivity index (χ1n) is 6.21. The summed E-state index contributed by atoms with van der Waals surface area (Å²) in [5, 5.41) is 1.24. The number of carbonyl (C=O) groups excluding carboxylic acids is 1. The van der Waals surface area contributed by atoms with Crippen LogP contribution in [-0.2, 0) is 17.7 Å². The van der Waals surface area contributed by atoms with Gasteiger partial charge in [0.1, 0.15) is 5.60 Å². The first-order valence-corrected chi connectivity index (χ1v) is 6.96. The third-order valence-corrected chi connectivity index (χ3v) is 3.46. The fraction of sp³-hybridized carbons (Fsp3) is 0.500. The highest BCUT2D eigenvalue weighted by molar-refractivity contribution is 6.35. The average molecular weight is 302 g/mol. The Balaban J connectivity index is 2.16. The van der Waals surface area contributed by atoms with E-state index in [0.29, 0.717) is 23.1 Å². The van der Waals surface area contributed by atoms with Crippen molar-refractivity contribution in [2.24, 2.45) is 0 Å². The summed E-state index contributed by atoms with van der Waals surface area (Å²) >= 11 is 12.2. The van der Waals surface area contributed by atoms with Gasteiger partial charge in [0.05, 0.1) is 6.54 Å². The number of nitrogens with zero attached hydrogens (tertiary/aromatic N) is 1. The van der Waals surface area contributed by atoms with Crippen molar-refractivity contribution >= 4 is 29.3 Å². The van der Waals surface area contributed by atoms with Crippen molar-refractivity contribution in [1.29, 1.82) is 0 Å². The number of carbonyl (C=O) groups is 1. The summed E-state index contributed by atoms with van der Waals surface area (Å²) in [6.07, 6.45) is 0.443. The molecule has 0 fully saturated rings. The Bertz CT molecular complexity index is 509. The molecule has 1 heterocycles. The van der Waals surface area contributed by atoms with Crippen LogP contribution in [0, 0.1) is 0 Å². The summed E-state index contributed by atoms with van der Waals surface area (Å²) in [5.41, 5.74) is 1.58. The summed E-state index contributed by atoms with van der Waals surface area (Å²) < 4.78 is 5.37. The molecule has 0 N–H and O–H groups in total. The molecule has 3 nitrogen and oxygen atoms in total. The van der Waals surface area contributed by atoms with Crippen LogP contribution in [0.15, 0.2) is 12.1 Å². The van der Waals surface area contributed by atoms with Gasteiger partial charge in [0.2, 0.25) is 0 Å². The Kier molecular flexibility index (Phi) is 3.98. The molecule has 5 heteroatoms. The lowest BCUT2D eigenvalue weighted by Gasteiger charge is -2.31. The van der Waals surface area contributed by atoms with Gasteiger partial charge in [-0.15, -0.1) is 0 Å². The maximum absolute atomic E-state index is 12.0. The Morgan fingerprint density at radius 3 is 2.63 bits per heavy atom. The van der Waals surface area contributed by atoms with Gasteiger partial charge in [-0.3, -0.25) is 0 Å². The third-order valence-electron chi connectivity index (χ3n) is 2.90. The first-order chi connectivity index (χ1) is 8.76. The molecule has 0 radical (unpaired) electrons. The van der Waals surface area contributed by atoms with Crippen molar-refractivity contribution in [3.8, 4) is 0 Å². The molecular weight excluding hydrogens is 285 g/mol. The molecule has 1 amide bonds. The van der Waals surface area contributed by atoms with E-state index < -0.39 is 5.60 Å². The van der Waals surface area contributed by atoms with Crippen molar-refractivity contribution in [3.63, 3.8) is 0 Å². The highest BCUT2D eigenvalue weighted by Gasteiger charge is 2.26. The predicted molar refractivity (Wildman–Crippen MR) is 76.8 cm³/mol. The lowest BCUT2D eigenvalue weighted by Crippen LogP contribution is -2.40. The number of halogens is 2. The van der Waals surface area contributed by atoms with Gasteiger partial charge in [-0.1, -0.05) is 23.2 Å². The SMILES string of the molecule is CC(C)(C)OC(=O)N1CCc2cc(Cl)cc(Cl)c2C1. The summed E-state index contributed by atoms with van der Waals surface area (Å²) in [7, 11) is 0. The number of hydrogen-bond donors (Lipinski definition) is 0. The highest BCUT2D eigenvalue weighted by Crippen LogP contribution is 2.30. The van der Waals surface area contributed by atoms with Crippen LogP contribution in [0.5, 0.6) is 0 Å². The average Bonchev–Trinajstić information content (AvgIpc) is 2.25. The molecule has 0 aromatic heterocycles. The van der Waals surface area contributed by atoms with Crippen molar-refractivity contribution in [3.05, 3.63) is 33.3 Å². The lowest BCUT2D eigenvalue weighted by molar-refractivity contribution is 0.0224. The number of rotatable bonds is 0. The van der Waals surface area contributed by atoms with Gasteiger partial charge in [-0.2, -0.15) is 0 Å². The molecule has 0 atom stereocenters. The predicted octanol–water partition coefficient (Wildman–Crippen LogP) is 4.29. The van der Waals surface area contributed by atoms with Crippen LogP contribution >= 0.6 is 23.2 Å². The van der Waals surface area contributed by atoms with E-state index >= 15 is 0 Å². The topological polar surface area (TPSA) is 29.5 Å². The van der Waals surface area contributed by atoms with Crippen LogP contribution in [-0.4, -0.2) is 23.1 Å². The second-order valence-corrected chi connectivity index (χ2v) is 6.52. The van der Waals surface area contributed by atoms with Crippen molar-refractivity contribution in [1.82, 2.24) is 4.90 Å². The Morgan fingerprint density at radius 1 is 1.32 bits per heavy atom. The molecule has 0 saturated heterocycles. The van der Waals surface area contributed by atoms with Gasteiger partial charge in [-0.25, -0.2) is 4.79 Å². The molecule has 0 unspecified atom stereocenters. The molecule has 1 aromatic rings. The molecule has 1 aromatic carbocycles. The Labute approximate surface area is 123 Å². The van der Waals surface area contributed by atoms with E-state index in [1.165, 1.54) is 0 Å². The normalized spacial score (nSPS) is 15.1. The fourth-order valence-corrected chi connectivity index (χ4v) is 2.66. The van der Waals surface area contributed by atoms with E-state index in [0.717, 1.165) is 17.5 Å². The fourth-order valence-electron chi connectivity index (χ4n) is 2.06. The van der Waals surface area contributed by atoms with E-state index in [1.807, 2.05) is 26.8 Å². The van der Waals surface area contributed by atoms with Crippen LogP contribution in [0.3, 0.4) is 0 Å². The van der Waals surface area contributed by atoms with E-state index in [1.54, 1.807) is 11.0 Å². The number of benzene rings is 1. The molecule has 0 bridgehead atoms. The van der Waals surface area contributed by atoms with E-state index in [2.05, 4.69) is 0 Å². The van der Waals surface area contributed by atoms with Crippen LogP contribution in [0.1, 0.15) is 31.9 Å². The van der Waals surface area contributed by atoms with Gasteiger partial charge in [0, 0.05) is 16.6 Å². The minimum absolute atomic E-state index is 0.302. The molecule has 0 saturated carbocycles.